The molecule has 2 atom stereocenters. The molecule has 0 aliphatic carbocycles. The number of aromatic nitrogens is 4. The summed E-state index contributed by atoms with van der Waals surface area (Å²) in [4.78, 5) is 16.8. The minimum atomic E-state index is 0.342. The van der Waals surface area contributed by atoms with Crippen molar-refractivity contribution < 1.29 is 0 Å². The number of benzene rings is 4. The zero-order valence-electron chi connectivity index (χ0n) is 21.2. The summed E-state index contributed by atoms with van der Waals surface area (Å²) in [6.07, 6.45) is 6.74. The Labute approximate surface area is 220 Å². The Morgan fingerprint density at radius 3 is 2.05 bits per heavy atom. The van der Waals surface area contributed by atoms with E-state index in [-0.39, 0.29) is 0 Å². The van der Waals surface area contributed by atoms with Gasteiger partial charge in [0.05, 0.1) is 28.8 Å². The second-order valence-electron chi connectivity index (χ2n) is 10.8. The van der Waals surface area contributed by atoms with E-state index in [0.717, 1.165) is 59.9 Å². The van der Waals surface area contributed by atoms with Gasteiger partial charge in [-0.2, -0.15) is 0 Å². The average Bonchev–Trinajstić information content (AvgIpc) is 3.78. The van der Waals surface area contributed by atoms with Crippen molar-refractivity contribution in [2.24, 2.45) is 0 Å². The third kappa shape index (κ3) is 3.71. The van der Waals surface area contributed by atoms with E-state index in [4.69, 9.17) is 9.97 Å². The molecule has 2 aliphatic rings. The smallest absolute Gasteiger partial charge is 0.124 e. The maximum absolute atomic E-state index is 4.88. The molecule has 38 heavy (non-hydrogen) atoms. The van der Waals surface area contributed by atoms with Crippen molar-refractivity contribution in [3.63, 3.8) is 0 Å². The molecule has 0 saturated carbocycles. The first kappa shape index (κ1) is 22.0. The Morgan fingerprint density at radius 1 is 0.632 bits per heavy atom. The fourth-order valence-electron chi connectivity index (χ4n) is 6.26. The average molecular weight is 499 g/mol. The van der Waals surface area contributed by atoms with Gasteiger partial charge in [-0.25, -0.2) is 9.97 Å². The van der Waals surface area contributed by atoms with Crippen LogP contribution in [0.5, 0.6) is 0 Å². The molecule has 8 rings (SSSR count). The monoisotopic (exact) mass is 498 g/mol. The number of nitrogens with one attached hydrogen (secondary N) is 4. The van der Waals surface area contributed by atoms with Crippen LogP contribution in [0.15, 0.2) is 72.9 Å². The van der Waals surface area contributed by atoms with Crippen LogP contribution in [0.1, 0.15) is 49.4 Å². The predicted molar refractivity (Wildman–Crippen MR) is 154 cm³/mol. The highest BCUT2D eigenvalue weighted by atomic mass is 15.0. The third-order valence-electron chi connectivity index (χ3n) is 8.34. The van der Waals surface area contributed by atoms with Gasteiger partial charge in [0.2, 0.25) is 0 Å². The van der Waals surface area contributed by atoms with Gasteiger partial charge in [0.25, 0.3) is 0 Å². The molecule has 6 aromatic rings. The second kappa shape index (κ2) is 8.79. The minimum absolute atomic E-state index is 0.342. The number of H-pyrrole nitrogens is 2. The van der Waals surface area contributed by atoms with Crippen LogP contribution in [0.25, 0.3) is 55.0 Å². The fraction of sp³-hybridized carbons (Fsp3) is 0.250. The first-order valence-electron chi connectivity index (χ1n) is 13.8. The number of imidazole rings is 2. The SMILES string of the molecule is c1cc2cc(-c3c[nH]c([C@@H]4CCCN4)n3)ccc2cc1-c1ccc2c(ccc3nc([C@@H]4CCCN4)[nH]c32)c1. The van der Waals surface area contributed by atoms with Crippen molar-refractivity contribution >= 4 is 32.6 Å². The molecule has 2 aromatic heterocycles. The summed E-state index contributed by atoms with van der Waals surface area (Å²) in [6.45, 7) is 2.14. The Balaban J connectivity index is 1.11. The largest absolute Gasteiger partial charge is 0.347 e. The van der Waals surface area contributed by atoms with Crippen LogP contribution in [-0.2, 0) is 0 Å². The van der Waals surface area contributed by atoms with Crippen molar-refractivity contribution in [1.82, 2.24) is 30.6 Å². The number of aromatic amines is 2. The Morgan fingerprint density at radius 2 is 1.29 bits per heavy atom. The number of fused-ring (bicyclic) bond motifs is 4. The third-order valence-corrected chi connectivity index (χ3v) is 8.34. The lowest BCUT2D eigenvalue weighted by Crippen LogP contribution is -2.14. The molecule has 0 bridgehead atoms. The topological polar surface area (TPSA) is 81.4 Å². The first-order valence-corrected chi connectivity index (χ1v) is 13.8. The molecule has 188 valence electrons. The van der Waals surface area contributed by atoms with Crippen LogP contribution in [0.4, 0.5) is 0 Å². The quantitative estimate of drug-likeness (QED) is 0.216. The van der Waals surface area contributed by atoms with Gasteiger partial charge < -0.3 is 20.6 Å². The minimum Gasteiger partial charge on any atom is -0.347 e. The van der Waals surface area contributed by atoms with Crippen molar-refractivity contribution in [3.05, 3.63) is 84.6 Å². The van der Waals surface area contributed by atoms with E-state index in [1.54, 1.807) is 0 Å². The molecule has 2 fully saturated rings. The molecule has 4 N–H and O–H groups in total. The molecule has 0 spiro atoms. The maximum Gasteiger partial charge on any atom is 0.124 e. The lowest BCUT2D eigenvalue weighted by molar-refractivity contribution is 0.613. The van der Waals surface area contributed by atoms with E-state index >= 15 is 0 Å². The molecule has 2 saturated heterocycles. The van der Waals surface area contributed by atoms with Gasteiger partial charge in [0.15, 0.2) is 0 Å². The molecule has 0 radical (unpaired) electrons. The standard InChI is InChI=1S/C32H30N6/c1-3-27(33-13-1)31-35-18-29(37-31)24-8-7-20-15-19(5-6-21(20)17-24)22-9-11-25-23(16-22)10-12-26-30(25)38-32(36-26)28-4-2-14-34-28/h5-12,15-18,27-28,33-34H,1-4,13-14H2,(H,35,37)(H,36,38)/t27-,28-/m0/s1. The summed E-state index contributed by atoms with van der Waals surface area (Å²) in [5.41, 5.74) is 6.77. The molecule has 4 heterocycles. The van der Waals surface area contributed by atoms with E-state index < -0.39 is 0 Å². The lowest BCUT2D eigenvalue weighted by atomic mass is 9.97. The molecule has 0 unspecified atom stereocenters. The van der Waals surface area contributed by atoms with E-state index in [9.17, 15) is 0 Å². The molecule has 2 aliphatic heterocycles. The highest BCUT2D eigenvalue weighted by Gasteiger charge is 2.21. The van der Waals surface area contributed by atoms with Gasteiger partial charge in [-0.15, -0.1) is 0 Å². The van der Waals surface area contributed by atoms with E-state index in [2.05, 4.69) is 87.3 Å². The van der Waals surface area contributed by atoms with Crippen molar-refractivity contribution in [1.29, 1.82) is 0 Å². The van der Waals surface area contributed by atoms with Gasteiger partial charge in [0, 0.05) is 17.1 Å². The zero-order chi connectivity index (χ0) is 25.1. The van der Waals surface area contributed by atoms with Crippen LogP contribution in [0.2, 0.25) is 0 Å². The highest BCUT2D eigenvalue weighted by Crippen LogP contribution is 2.33. The Kier molecular flexibility index (Phi) is 5.10. The molecule has 0 amide bonds. The normalized spacial score (nSPS) is 19.8. The number of rotatable bonds is 4. The van der Waals surface area contributed by atoms with Crippen molar-refractivity contribution in [2.75, 3.05) is 13.1 Å². The number of nitrogens with zero attached hydrogens (tertiary/aromatic N) is 2. The van der Waals surface area contributed by atoms with Crippen LogP contribution < -0.4 is 10.6 Å². The molecule has 4 aromatic carbocycles. The van der Waals surface area contributed by atoms with Crippen LogP contribution >= 0.6 is 0 Å². The van der Waals surface area contributed by atoms with Crippen LogP contribution in [-0.4, -0.2) is 33.0 Å². The summed E-state index contributed by atoms with van der Waals surface area (Å²) >= 11 is 0. The van der Waals surface area contributed by atoms with Crippen molar-refractivity contribution in [2.45, 2.75) is 37.8 Å². The molecule has 6 heteroatoms. The fourth-order valence-corrected chi connectivity index (χ4v) is 6.26. The zero-order valence-corrected chi connectivity index (χ0v) is 21.2. The summed E-state index contributed by atoms with van der Waals surface area (Å²) in [7, 11) is 0. The van der Waals surface area contributed by atoms with Crippen molar-refractivity contribution in [3.8, 4) is 22.4 Å². The lowest BCUT2D eigenvalue weighted by Gasteiger charge is -2.08. The highest BCUT2D eigenvalue weighted by molar-refractivity contribution is 6.05. The Bertz CT molecular complexity index is 1800. The van der Waals surface area contributed by atoms with Gasteiger partial charge >= 0.3 is 0 Å². The summed E-state index contributed by atoms with van der Waals surface area (Å²) in [5, 5.41) is 12.0. The van der Waals surface area contributed by atoms with Gasteiger partial charge in [-0.1, -0.05) is 42.5 Å². The molecular formula is C32H30N6. The van der Waals surface area contributed by atoms with Crippen LogP contribution in [0.3, 0.4) is 0 Å². The van der Waals surface area contributed by atoms with Gasteiger partial charge in [0.1, 0.15) is 11.6 Å². The second-order valence-corrected chi connectivity index (χ2v) is 10.8. The van der Waals surface area contributed by atoms with E-state index in [1.165, 1.54) is 45.5 Å². The summed E-state index contributed by atoms with van der Waals surface area (Å²) in [6, 6.07) is 25.2. The number of hydrogen-bond donors (Lipinski definition) is 4. The first-order chi connectivity index (χ1) is 18.8. The summed E-state index contributed by atoms with van der Waals surface area (Å²) < 4.78 is 0. The number of hydrogen-bond acceptors (Lipinski definition) is 4. The predicted octanol–water partition coefficient (Wildman–Crippen LogP) is 6.78. The molecule has 6 nitrogen and oxygen atoms in total. The maximum atomic E-state index is 4.88. The Hall–Kier alpha value is -4.00. The van der Waals surface area contributed by atoms with E-state index in [0.29, 0.717) is 12.1 Å². The van der Waals surface area contributed by atoms with Gasteiger partial charge in [-0.3, -0.25) is 0 Å². The molecular weight excluding hydrogens is 468 g/mol. The summed E-state index contributed by atoms with van der Waals surface area (Å²) in [5.74, 6) is 2.10. The van der Waals surface area contributed by atoms with E-state index in [1.807, 2.05) is 6.20 Å². The van der Waals surface area contributed by atoms with Crippen LogP contribution in [0, 0.1) is 0 Å². The van der Waals surface area contributed by atoms with Gasteiger partial charge in [-0.05, 0) is 90.3 Å².